The molecule has 29 heavy (non-hydrogen) atoms. The van der Waals surface area contributed by atoms with Crippen molar-refractivity contribution >= 4 is 21.8 Å². The van der Waals surface area contributed by atoms with Crippen LogP contribution < -0.4 is 5.32 Å². The van der Waals surface area contributed by atoms with Gasteiger partial charge >= 0.3 is 0 Å². The molecule has 162 valence electrons. The lowest BCUT2D eigenvalue weighted by molar-refractivity contribution is -0.121. The van der Waals surface area contributed by atoms with Gasteiger partial charge in [0.25, 0.3) is 5.91 Å². The Labute approximate surface area is 173 Å². The number of methoxy groups -OCH3 is 1. The Bertz CT molecular complexity index is 819. The number of hydrogen-bond donors (Lipinski definition) is 1. The van der Waals surface area contributed by atoms with E-state index in [1.807, 2.05) is 0 Å². The highest BCUT2D eigenvalue weighted by molar-refractivity contribution is 7.89. The number of piperidine rings is 1. The fourth-order valence-electron chi connectivity index (χ4n) is 3.26. The van der Waals surface area contributed by atoms with E-state index < -0.39 is 15.9 Å². The fourth-order valence-corrected chi connectivity index (χ4v) is 5.03. The van der Waals surface area contributed by atoms with Crippen LogP contribution >= 0.6 is 0 Å². The summed E-state index contributed by atoms with van der Waals surface area (Å²) >= 11 is 0. The molecule has 1 fully saturated rings. The average molecular weight is 426 g/mol. The smallest absolute Gasteiger partial charge is 0.254 e. The summed E-state index contributed by atoms with van der Waals surface area (Å²) in [6.07, 6.45) is 3.41. The Morgan fingerprint density at radius 2 is 1.90 bits per heavy atom. The van der Waals surface area contributed by atoms with Gasteiger partial charge in [0.1, 0.15) is 0 Å². The zero-order valence-corrected chi connectivity index (χ0v) is 18.3. The third kappa shape index (κ3) is 6.25. The lowest BCUT2D eigenvalue weighted by atomic mass is 10.1. The lowest BCUT2D eigenvalue weighted by Gasteiger charge is -2.27. The van der Waals surface area contributed by atoms with Crippen molar-refractivity contribution in [1.29, 1.82) is 0 Å². The minimum absolute atomic E-state index is 0.103. The van der Waals surface area contributed by atoms with Crippen LogP contribution in [0.2, 0.25) is 0 Å². The Balaban J connectivity index is 2.09. The molecule has 0 aromatic heterocycles. The van der Waals surface area contributed by atoms with Crippen LogP contribution in [0, 0.1) is 6.92 Å². The molecule has 9 heteroatoms. The molecule has 0 unspecified atom stereocenters. The van der Waals surface area contributed by atoms with Gasteiger partial charge in [0, 0.05) is 46.0 Å². The monoisotopic (exact) mass is 425 g/mol. The summed E-state index contributed by atoms with van der Waals surface area (Å²) in [6, 6.07) is 4.66. The standard InChI is InChI=1S/C20H31N3O5S/c1-16-8-9-17(14-18(16)29(26,27)23-11-5-4-6-12-23)20(25)22(2)15-19(24)21-10-7-13-28-3/h8-9,14H,4-7,10-13,15H2,1-3H3,(H,21,24). The van der Waals surface area contributed by atoms with Crippen molar-refractivity contribution in [2.24, 2.45) is 0 Å². The molecule has 2 amide bonds. The number of benzene rings is 1. The molecule has 0 saturated carbocycles. The molecule has 0 atom stereocenters. The van der Waals surface area contributed by atoms with Crippen molar-refractivity contribution in [2.45, 2.75) is 37.5 Å². The summed E-state index contributed by atoms with van der Waals surface area (Å²) in [6.45, 7) is 3.65. The number of aryl methyl sites for hydroxylation is 1. The van der Waals surface area contributed by atoms with Crippen molar-refractivity contribution < 1.29 is 22.7 Å². The predicted molar refractivity (Wildman–Crippen MR) is 110 cm³/mol. The molecule has 1 aliphatic rings. The minimum Gasteiger partial charge on any atom is -0.385 e. The first kappa shape index (κ1) is 23.3. The fraction of sp³-hybridized carbons (Fsp3) is 0.600. The van der Waals surface area contributed by atoms with Crippen LogP contribution in [0.1, 0.15) is 41.6 Å². The van der Waals surface area contributed by atoms with E-state index in [0.29, 0.717) is 38.2 Å². The van der Waals surface area contributed by atoms with Gasteiger partial charge in [-0.1, -0.05) is 12.5 Å². The predicted octanol–water partition coefficient (Wildman–Crippen LogP) is 1.39. The van der Waals surface area contributed by atoms with E-state index in [1.54, 1.807) is 26.2 Å². The van der Waals surface area contributed by atoms with Crippen LogP contribution in [0.4, 0.5) is 0 Å². The number of nitrogens with zero attached hydrogens (tertiary/aromatic N) is 2. The number of likely N-dealkylation sites (N-methyl/N-ethyl adjacent to an activating group) is 1. The topological polar surface area (TPSA) is 96.0 Å². The van der Waals surface area contributed by atoms with Crippen LogP contribution in [0.3, 0.4) is 0 Å². The van der Waals surface area contributed by atoms with Gasteiger partial charge < -0.3 is 15.0 Å². The minimum atomic E-state index is -3.64. The van der Waals surface area contributed by atoms with E-state index in [9.17, 15) is 18.0 Å². The maximum absolute atomic E-state index is 13.0. The number of nitrogens with one attached hydrogen (secondary N) is 1. The van der Waals surface area contributed by atoms with E-state index in [-0.39, 0.29) is 22.9 Å². The zero-order valence-electron chi connectivity index (χ0n) is 17.4. The van der Waals surface area contributed by atoms with Crippen molar-refractivity contribution in [1.82, 2.24) is 14.5 Å². The quantitative estimate of drug-likeness (QED) is 0.603. The first-order valence-corrected chi connectivity index (χ1v) is 11.3. The number of rotatable bonds is 9. The third-order valence-electron chi connectivity index (χ3n) is 4.94. The van der Waals surface area contributed by atoms with Crippen LogP contribution in [0.15, 0.2) is 23.1 Å². The highest BCUT2D eigenvalue weighted by atomic mass is 32.2. The first-order chi connectivity index (χ1) is 13.8. The number of carbonyl (C=O) groups is 2. The van der Waals surface area contributed by atoms with E-state index >= 15 is 0 Å². The molecule has 0 aliphatic carbocycles. The molecular weight excluding hydrogens is 394 g/mol. The Morgan fingerprint density at radius 1 is 1.21 bits per heavy atom. The van der Waals surface area contributed by atoms with Gasteiger partial charge in [-0.25, -0.2) is 8.42 Å². The number of hydrogen-bond acceptors (Lipinski definition) is 5. The molecule has 0 radical (unpaired) electrons. The zero-order chi connectivity index (χ0) is 21.4. The summed E-state index contributed by atoms with van der Waals surface area (Å²) < 4.78 is 32.5. The van der Waals surface area contributed by atoms with E-state index in [4.69, 9.17) is 4.74 Å². The second kappa shape index (κ2) is 10.7. The molecule has 1 saturated heterocycles. The molecule has 0 spiro atoms. The summed E-state index contributed by atoms with van der Waals surface area (Å²) in [4.78, 5) is 26.2. The van der Waals surface area contributed by atoms with Crippen LogP contribution in [-0.4, -0.2) is 76.4 Å². The van der Waals surface area contributed by atoms with Gasteiger partial charge in [0.05, 0.1) is 11.4 Å². The third-order valence-corrected chi connectivity index (χ3v) is 6.98. The maximum Gasteiger partial charge on any atom is 0.254 e. The SMILES string of the molecule is COCCCNC(=O)CN(C)C(=O)c1ccc(C)c(S(=O)(=O)N2CCCCC2)c1. The maximum atomic E-state index is 13.0. The summed E-state index contributed by atoms with van der Waals surface area (Å²) in [5.41, 5.74) is 0.853. The lowest BCUT2D eigenvalue weighted by Crippen LogP contribution is -2.39. The van der Waals surface area contributed by atoms with Crippen molar-refractivity contribution in [3.8, 4) is 0 Å². The van der Waals surface area contributed by atoms with Crippen molar-refractivity contribution in [2.75, 3.05) is 46.9 Å². The van der Waals surface area contributed by atoms with E-state index in [2.05, 4.69) is 5.32 Å². The largest absolute Gasteiger partial charge is 0.385 e. The van der Waals surface area contributed by atoms with Crippen LogP contribution in [0.25, 0.3) is 0 Å². The number of amides is 2. The van der Waals surface area contributed by atoms with Crippen molar-refractivity contribution in [3.05, 3.63) is 29.3 Å². The molecule has 8 nitrogen and oxygen atoms in total. The molecular formula is C20H31N3O5S. The highest BCUT2D eigenvalue weighted by Crippen LogP contribution is 2.24. The molecule has 1 aromatic carbocycles. The van der Waals surface area contributed by atoms with Gasteiger partial charge in [0.15, 0.2) is 0 Å². The van der Waals surface area contributed by atoms with Gasteiger partial charge in [-0.2, -0.15) is 4.31 Å². The van der Waals surface area contributed by atoms with Crippen molar-refractivity contribution in [3.63, 3.8) is 0 Å². The Hall–Kier alpha value is -1.97. The van der Waals surface area contributed by atoms with E-state index in [0.717, 1.165) is 19.3 Å². The molecule has 0 bridgehead atoms. The Morgan fingerprint density at radius 3 is 2.55 bits per heavy atom. The second-order valence-corrected chi connectivity index (χ2v) is 9.21. The van der Waals surface area contributed by atoms with Crippen LogP contribution in [-0.2, 0) is 19.6 Å². The number of sulfonamides is 1. The second-order valence-electron chi connectivity index (χ2n) is 7.30. The molecule has 2 rings (SSSR count). The normalized spacial score (nSPS) is 15.1. The van der Waals surface area contributed by atoms with Gasteiger partial charge in [-0.05, 0) is 43.9 Å². The summed E-state index contributed by atoms with van der Waals surface area (Å²) in [5, 5.41) is 2.73. The molecule has 1 N–H and O–H groups in total. The van der Waals surface area contributed by atoms with Crippen LogP contribution in [0.5, 0.6) is 0 Å². The van der Waals surface area contributed by atoms with Gasteiger partial charge in [0.2, 0.25) is 15.9 Å². The molecule has 1 aliphatic heterocycles. The first-order valence-electron chi connectivity index (χ1n) is 9.89. The average Bonchev–Trinajstić information content (AvgIpc) is 2.71. The van der Waals surface area contributed by atoms with E-state index in [1.165, 1.54) is 22.3 Å². The number of ether oxygens (including phenoxy) is 1. The molecule has 1 heterocycles. The highest BCUT2D eigenvalue weighted by Gasteiger charge is 2.28. The number of carbonyl (C=O) groups excluding carboxylic acids is 2. The Kier molecular flexibility index (Phi) is 8.60. The van der Waals surface area contributed by atoms with Gasteiger partial charge in [-0.15, -0.1) is 0 Å². The van der Waals surface area contributed by atoms with Gasteiger partial charge in [-0.3, -0.25) is 9.59 Å². The molecule has 1 aromatic rings. The summed E-state index contributed by atoms with van der Waals surface area (Å²) in [5.74, 6) is -0.669. The summed E-state index contributed by atoms with van der Waals surface area (Å²) in [7, 11) is -0.527.